The summed E-state index contributed by atoms with van der Waals surface area (Å²) in [4.78, 5) is 0. The average Bonchev–Trinajstić information content (AvgIpc) is 3.03. The van der Waals surface area contributed by atoms with Crippen LogP contribution >= 0.6 is 0 Å². The van der Waals surface area contributed by atoms with Crippen LogP contribution < -0.4 is 0 Å². The van der Waals surface area contributed by atoms with Gasteiger partial charge in [-0.3, -0.25) is 0 Å². The zero-order valence-electron chi connectivity index (χ0n) is 9.20. The summed E-state index contributed by atoms with van der Waals surface area (Å²) in [5.74, 6) is 2.95. The molecule has 2 N–H and O–H groups in total. The first-order valence-corrected chi connectivity index (χ1v) is 6.40. The van der Waals surface area contributed by atoms with E-state index in [-0.39, 0.29) is 37.3 Å². The Morgan fingerprint density at radius 2 is 1.44 bits per heavy atom. The van der Waals surface area contributed by atoms with Crippen molar-refractivity contribution in [1.82, 2.24) is 0 Å². The molecule has 4 aliphatic rings. The van der Waals surface area contributed by atoms with Crippen LogP contribution in [0.1, 0.15) is 6.42 Å². The third kappa shape index (κ3) is 0.918. The highest BCUT2D eigenvalue weighted by atomic mass is 16.5. The van der Waals surface area contributed by atoms with Crippen LogP contribution in [0.3, 0.4) is 0 Å². The van der Waals surface area contributed by atoms with Crippen LogP contribution in [0.4, 0.5) is 0 Å². The number of hydrogen-bond donors (Lipinski definition) is 2. The van der Waals surface area contributed by atoms with Gasteiger partial charge >= 0.3 is 0 Å². The Balaban J connectivity index is 1.71. The van der Waals surface area contributed by atoms with Gasteiger partial charge in [-0.2, -0.15) is 0 Å². The summed E-state index contributed by atoms with van der Waals surface area (Å²) >= 11 is 0. The van der Waals surface area contributed by atoms with Crippen LogP contribution in [-0.4, -0.2) is 35.6 Å². The monoisotopic (exact) mass is 222 g/mol. The Labute approximate surface area is 95.1 Å². The van der Waals surface area contributed by atoms with Gasteiger partial charge in [-0.15, -0.1) is 0 Å². The lowest BCUT2D eigenvalue weighted by Crippen LogP contribution is -2.44. The van der Waals surface area contributed by atoms with Gasteiger partial charge in [-0.1, -0.05) is 12.2 Å². The molecule has 2 saturated heterocycles. The van der Waals surface area contributed by atoms with E-state index in [1.54, 1.807) is 0 Å². The molecule has 0 radical (unpaired) electrons. The topological polar surface area (TPSA) is 49.7 Å². The number of rotatable bonds is 2. The van der Waals surface area contributed by atoms with Gasteiger partial charge in [0.05, 0.1) is 12.2 Å². The number of ether oxygens (including phenoxy) is 1. The van der Waals surface area contributed by atoms with E-state index in [1.807, 2.05) is 0 Å². The lowest BCUT2D eigenvalue weighted by molar-refractivity contribution is 0.0494. The molecule has 0 aromatic carbocycles. The summed E-state index contributed by atoms with van der Waals surface area (Å²) in [7, 11) is 0. The van der Waals surface area contributed by atoms with Crippen molar-refractivity contribution in [3.63, 3.8) is 0 Å². The summed E-state index contributed by atoms with van der Waals surface area (Å²) in [5, 5.41) is 18.9. The molecule has 0 aromatic rings. The van der Waals surface area contributed by atoms with Gasteiger partial charge in [-0.05, 0) is 30.1 Å². The fraction of sp³-hybridized carbons (Fsp3) is 0.846. The zero-order chi connectivity index (χ0) is 10.9. The molecular formula is C13H18O3. The number of allylic oxidation sites excluding steroid dienone is 2. The van der Waals surface area contributed by atoms with Crippen molar-refractivity contribution in [2.75, 3.05) is 13.2 Å². The van der Waals surface area contributed by atoms with Crippen LogP contribution in [-0.2, 0) is 4.74 Å². The van der Waals surface area contributed by atoms with E-state index < -0.39 is 0 Å². The first kappa shape index (κ1) is 9.63. The Morgan fingerprint density at radius 1 is 0.938 bits per heavy atom. The van der Waals surface area contributed by atoms with Gasteiger partial charge in [0.15, 0.2) is 0 Å². The Hall–Kier alpha value is -0.380. The number of hydrogen-bond acceptors (Lipinski definition) is 3. The summed E-state index contributed by atoms with van der Waals surface area (Å²) in [6, 6.07) is 0. The molecular weight excluding hydrogens is 204 g/mol. The first-order chi connectivity index (χ1) is 7.85. The predicted octanol–water partition coefficient (Wildman–Crippen LogP) is 0.423. The van der Waals surface area contributed by atoms with E-state index in [1.165, 1.54) is 6.42 Å². The minimum atomic E-state index is 0.163. The van der Waals surface area contributed by atoms with Gasteiger partial charge in [0, 0.05) is 25.0 Å². The van der Waals surface area contributed by atoms with Gasteiger partial charge in [0.2, 0.25) is 0 Å². The summed E-state index contributed by atoms with van der Waals surface area (Å²) in [6.07, 6.45) is 6.38. The van der Waals surface area contributed by atoms with E-state index in [9.17, 15) is 10.2 Å². The molecule has 1 saturated carbocycles. The molecule has 4 rings (SSSR count). The van der Waals surface area contributed by atoms with Crippen molar-refractivity contribution in [1.29, 1.82) is 0 Å². The van der Waals surface area contributed by atoms with Crippen molar-refractivity contribution in [2.24, 2.45) is 35.5 Å². The second kappa shape index (κ2) is 3.09. The minimum absolute atomic E-state index is 0.163. The van der Waals surface area contributed by atoms with E-state index in [4.69, 9.17) is 4.74 Å². The molecule has 0 amide bonds. The highest BCUT2D eigenvalue weighted by Crippen LogP contribution is 2.62. The molecule has 16 heavy (non-hydrogen) atoms. The lowest BCUT2D eigenvalue weighted by Gasteiger charge is -2.37. The predicted molar refractivity (Wildman–Crippen MR) is 57.5 cm³/mol. The highest BCUT2D eigenvalue weighted by Gasteiger charge is 2.65. The van der Waals surface area contributed by atoms with Crippen molar-refractivity contribution < 1.29 is 14.9 Å². The van der Waals surface area contributed by atoms with E-state index >= 15 is 0 Å². The van der Waals surface area contributed by atoms with Crippen molar-refractivity contribution in [3.05, 3.63) is 12.2 Å². The second-order valence-corrected chi connectivity index (χ2v) is 5.86. The molecule has 2 aliphatic heterocycles. The summed E-state index contributed by atoms with van der Waals surface area (Å²) < 4.78 is 6.07. The van der Waals surface area contributed by atoms with Gasteiger partial charge in [-0.25, -0.2) is 0 Å². The van der Waals surface area contributed by atoms with E-state index in [0.29, 0.717) is 23.7 Å². The molecule has 3 heteroatoms. The van der Waals surface area contributed by atoms with Crippen molar-refractivity contribution >= 4 is 0 Å². The van der Waals surface area contributed by atoms with Crippen LogP contribution in [0.2, 0.25) is 0 Å². The maximum absolute atomic E-state index is 9.47. The zero-order valence-corrected chi connectivity index (χ0v) is 9.20. The maximum Gasteiger partial charge on any atom is 0.0671 e. The number of fused-ring (bicyclic) bond motifs is 9. The highest BCUT2D eigenvalue weighted by molar-refractivity contribution is 5.22. The maximum atomic E-state index is 9.47. The Morgan fingerprint density at radius 3 is 1.88 bits per heavy atom. The number of aliphatic hydroxyl groups excluding tert-OH is 2. The smallest absolute Gasteiger partial charge is 0.0671 e. The molecule has 2 aliphatic carbocycles. The molecule has 8 unspecified atom stereocenters. The SMILES string of the molecule is OCC1C(CO)C2OC1C1C3C=CC(C3)C21. The van der Waals surface area contributed by atoms with Crippen molar-refractivity contribution in [3.8, 4) is 0 Å². The van der Waals surface area contributed by atoms with Crippen LogP contribution in [0.25, 0.3) is 0 Å². The Bertz CT molecular complexity index is 310. The van der Waals surface area contributed by atoms with Crippen LogP contribution in [0, 0.1) is 35.5 Å². The van der Waals surface area contributed by atoms with Crippen LogP contribution in [0.5, 0.6) is 0 Å². The molecule has 3 fully saturated rings. The molecule has 88 valence electrons. The third-order valence-electron chi connectivity index (χ3n) is 5.47. The fourth-order valence-corrected chi connectivity index (χ4v) is 4.93. The van der Waals surface area contributed by atoms with Crippen molar-refractivity contribution in [2.45, 2.75) is 18.6 Å². The first-order valence-electron chi connectivity index (χ1n) is 6.40. The quantitative estimate of drug-likeness (QED) is 0.666. The molecule has 3 nitrogen and oxygen atoms in total. The average molecular weight is 222 g/mol. The van der Waals surface area contributed by atoms with Crippen LogP contribution in [0.15, 0.2) is 12.2 Å². The Kier molecular flexibility index (Phi) is 1.86. The van der Waals surface area contributed by atoms with Gasteiger partial charge in [0.1, 0.15) is 0 Å². The van der Waals surface area contributed by atoms with E-state index in [0.717, 1.165) is 0 Å². The summed E-state index contributed by atoms with van der Waals surface area (Å²) in [6.45, 7) is 0.327. The van der Waals surface area contributed by atoms with E-state index in [2.05, 4.69) is 12.2 Å². The van der Waals surface area contributed by atoms with Gasteiger partial charge < -0.3 is 14.9 Å². The lowest BCUT2D eigenvalue weighted by atomic mass is 9.65. The summed E-state index contributed by atoms with van der Waals surface area (Å²) in [5.41, 5.74) is 0. The molecule has 4 bridgehead atoms. The molecule has 0 spiro atoms. The molecule has 2 heterocycles. The number of aliphatic hydroxyl groups is 2. The van der Waals surface area contributed by atoms with Gasteiger partial charge in [0.25, 0.3) is 0 Å². The normalized spacial score (nSPS) is 60.9. The fourth-order valence-electron chi connectivity index (χ4n) is 4.93. The molecule has 0 aromatic heterocycles. The largest absolute Gasteiger partial charge is 0.396 e. The third-order valence-corrected chi connectivity index (χ3v) is 5.47. The standard InChI is InChI=1S/C13H18O3/c14-4-8-9(5-15)13-11-7-2-1-6(3-7)10(11)12(8)16-13/h1-2,6-15H,3-5H2. The minimum Gasteiger partial charge on any atom is -0.396 e. The molecule has 8 atom stereocenters. The second-order valence-electron chi connectivity index (χ2n) is 5.86.